The lowest BCUT2D eigenvalue weighted by atomic mass is 9.99. The average Bonchev–Trinajstić information content (AvgIpc) is 3.64. The van der Waals surface area contributed by atoms with E-state index < -0.39 is 0 Å². The number of anilines is 1. The Kier molecular flexibility index (Phi) is 16.2. The molecule has 0 aliphatic carbocycles. The van der Waals surface area contributed by atoms with Gasteiger partial charge in [0, 0.05) is 24.5 Å². The molecule has 8 nitrogen and oxygen atoms in total. The standard InChI is InChI=1S/C46H53ClN2O6/c1-4-6-8-10-18-24-42(50)49(43(51)25-19-11-9-7-5-2)46-44(36-26-28-37(52-3)29-27-36)45(48-55-46)38-30-39(47)41(54-33-35-22-16-13-17-23-35)31-40(38)53-32-34-20-14-12-15-21-34/h12-17,20-23,26-31H,4-11,18-19,24-25,32-33H2,1-3H3. The number of methoxy groups -OCH3 is 1. The highest BCUT2D eigenvalue weighted by atomic mass is 35.5. The molecule has 0 atom stereocenters. The Labute approximate surface area is 330 Å². The Morgan fingerprint density at radius 1 is 0.673 bits per heavy atom. The van der Waals surface area contributed by atoms with Crippen LogP contribution in [0.3, 0.4) is 0 Å². The zero-order chi connectivity index (χ0) is 38.8. The van der Waals surface area contributed by atoms with Crippen molar-refractivity contribution in [1.29, 1.82) is 0 Å². The lowest BCUT2D eigenvalue weighted by Crippen LogP contribution is -2.37. The molecule has 290 valence electrons. The Balaban J connectivity index is 1.60. The fourth-order valence-corrected chi connectivity index (χ4v) is 6.62. The topological polar surface area (TPSA) is 91.1 Å². The van der Waals surface area contributed by atoms with Crippen LogP contribution in [0.1, 0.15) is 102 Å². The number of benzene rings is 4. The van der Waals surface area contributed by atoms with E-state index in [-0.39, 0.29) is 37.1 Å². The number of carbonyl (C=O) groups is 2. The first-order valence-electron chi connectivity index (χ1n) is 19.6. The van der Waals surface area contributed by atoms with Gasteiger partial charge in [-0.15, -0.1) is 0 Å². The van der Waals surface area contributed by atoms with E-state index in [2.05, 4.69) is 19.0 Å². The molecule has 0 aliphatic heterocycles. The van der Waals surface area contributed by atoms with E-state index in [4.69, 9.17) is 30.3 Å². The van der Waals surface area contributed by atoms with Crippen molar-refractivity contribution in [3.8, 4) is 39.6 Å². The number of imide groups is 1. The number of halogens is 1. The molecule has 9 heteroatoms. The fourth-order valence-electron chi connectivity index (χ4n) is 6.41. The Hall–Kier alpha value is -5.08. The molecule has 0 saturated heterocycles. The van der Waals surface area contributed by atoms with Gasteiger partial charge in [-0.3, -0.25) is 9.59 Å². The molecular formula is C46H53ClN2O6. The van der Waals surface area contributed by atoms with Gasteiger partial charge in [-0.05, 0) is 47.7 Å². The number of hydrogen-bond acceptors (Lipinski definition) is 7. The predicted molar refractivity (Wildman–Crippen MR) is 220 cm³/mol. The maximum absolute atomic E-state index is 14.1. The Bertz CT molecular complexity index is 1900. The van der Waals surface area contributed by atoms with Crippen molar-refractivity contribution >= 4 is 29.3 Å². The number of aromatic nitrogens is 1. The van der Waals surface area contributed by atoms with Crippen molar-refractivity contribution in [3.63, 3.8) is 0 Å². The second-order valence-corrected chi connectivity index (χ2v) is 14.1. The van der Waals surface area contributed by atoms with Crippen LogP contribution in [-0.4, -0.2) is 24.1 Å². The minimum absolute atomic E-state index is 0.0758. The van der Waals surface area contributed by atoms with Crippen LogP contribution in [0.2, 0.25) is 5.02 Å². The van der Waals surface area contributed by atoms with Gasteiger partial charge in [0.05, 0.1) is 17.7 Å². The zero-order valence-electron chi connectivity index (χ0n) is 32.4. The van der Waals surface area contributed by atoms with Gasteiger partial charge in [-0.2, -0.15) is 0 Å². The first-order chi connectivity index (χ1) is 26.9. The highest BCUT2D eigenvalue weighted by Crippen LogP contribution is 2.46. The van der Waals surface area contributed by atoms with Crippen LogP contribution in [0.4, 0.5) is 5.88 Å². The first-order valence-corrected chi connectivity index (χ1v) is 20.0. The quantitative estimate of drug-likeness (QED) is 0.0648. The summed E-state index contributed by atoms with van der Waals surface area (Å²) in [6, 6.07) is 30.6. The molecule has 0 spiro atoms. The molecule has 0 N–H and O–H groups in total. The van der Waals surface area contributed by atoms with Gasteiger partial charge in [-0.1, -0.05) is 155 Å². The van der Waals surface area contributed by atoms with Crippen LogP contribution in [0.25, 0.3) is 22.4 Å². The number of unbranched alkanes of at least 4 members (excludes halogenated alkanes) is 8. The molecule has 5 aromatic rings. The monoisotopic (exact) mass is 764 g/mol. The summed E-state index contributed by atoms with van der Waals surface area (Å²) < 4.78 is 24.3. The maximum atomic E-state index is 14.1. The molecule has 0 aliphatic rings. The third kappa shape index (κ3) is 11.7. The molecule has 5 rings (SSSR count). The van der Waals surface area contributed by atoms with E-state index >= 15 is 0 Å². The number of nitrogens with zero attached hydrogens (tertiary/aromatic N) is 2. The average molecular weight is 765 g/mol. The molecule has 1 aromatic heterocycles. The highest BCUT2D eigenvalue weighted by Gasteiger charge is 2.33. The van der Waals surface area contributed by atoms with Crippen molar-refractivity contribution in [2.45, 2.75) is 104 Å². The minimum Gasteiger partial charge on any atom is -0.497 e. The summed E-state index contributed by atoms with van der Waals surface area (Å²) in [5.74, 6) is 0.992. The largest absolute Gasteiger partial charge is 0.497 e. The molecule has 0 fully saturated rings. The first kappa shape index (κ1) is 41.1. The summed E-state index contributed by atoms with van der Waals surface area (Å²) in [4.78, 5) is 29.5. The van der Waals surface area contributed by atoms with Gasteiger partial charge < -0.3 is 18.7 Å². The SMILES string of the molecule is CCCCCCCC(=O)N(C(=O)CCCCCCC)c1onc(-c2cc(Cl)c(OCc3ccccc3)cc2OCc2ccccc2)c1-c1ccc(OC)cc1. The van der Waals surface area contributed by atoms with Crippen molar-refractivity contribution in [1.82, 2.24) is 5.16 Å². The van der Waals surface area contributed by atoms with Crippen LogP contribution in [0.15, 0.2) is 102 Å². The number of carbonyl (C=O) groups excluding carboxylic acids is 2. The third-order valence-corrected chi connectivity index (χ3v) is 9.80. The highest BCUT2D eigenvalue weighted by molar-refractivity contribution is 6.32. The molecule has 4 aromatic carbocycles. The van der Waals surface area contributed by atoms with Crippen LogP contribution >= 0.6 is 11.6 Å². The summed E-state index contributed by atoms with van der Waals surface area (Å²) in [5.41, 5.74) is 4.00. The van der Waals surface area contributed by atoms with Gasteiger partial charge in [0.2, 0.25) is 17.7 Å². The predicted octanol–water partition coefficient (Wildman–Crippen LogP) is 12.4. The molecular weight excluding hydrogens is 712 g/mol. The van der Waals surface area contributed by atoms with Crippen molar-refractivity contribution < 1.29 is 28.3 Å². The van der Waals surface area contributed by atoms with Crippen molar-refractivity contribution in [2.24, 2.45) is 0 Å². The van der Waals surface area contributed by atoms with Crippen molar-refractivity contribution in [2.75, 3.05) is 12.0 Å². The molecule has 0 radical (unpaired) electrons. The van der Waals surface area contributed by atoms with Crippen LogP contribution < -0.4 is 19.1 Å². The second kappa shape index (κ2) is 21.7. The van der Waals surface area contributed by atoms with Gasteiger partial charge in [0.25, 0.3) is 0 Å². The van der Waals surface area contributed by atoms with E-state index in [9.17, 15) is 9.59 Å². The summed E-state index contributed by atoms with van der Waals surface area (Å²) in [6.45, 7) is 4.88. The lowest BCUT2D eigenvalue weighted by Gasteiger charge is -2.20. The van der Waals surface area contributed by atoms with Crippen LogP contribution in [-0.2, 0) is 22.8 Å². The summed E-state index contributed by atoms with van der Waals surface area (Å²) >= 11 is 6.96. The van der Waals surface area contributed by atoms with Gasteiger partial charge in [-0.25, -0.2) is 4.90 Å². The zero-order valence-corrected chi connectivity index (χ0v) is 33.1. The Morgan fingerprint density at radius 2 is 1.20 bits per heavy atom. The fraction of sp³-hybridized carbons (Fsp3) is 0.370. The smallest absolute Gasteiger partial charge is 0.249 e. The van der Waals surface area contributed by atoms with E-state index in [1.807, 2.05) is 84.9 Å². The summed E-state index contributed by atoms with van der Waals surface area (Å²) in [7, 11) is 1.60. The van der Waals surface area contributed by atoms with Crippen LogP contribution in [0, 0.1) is 0 Å². The maximum Gasteiger partial charge on any atom is 0.249 e. The third-order valence-electron chi connectivity index (χ3n) is 9.51. The van der Waals surface area contributed by atoms with Gasteiger partial charge >= 0.3 is 0 Å². The minimum atomic E-state index is -0.309. The van der Waals surface area contributed by atoms with Gasteiger partial charge in [0.1, 0.15) is 36.2 Å². The van der Waals surface area contributed by atoms with E-state index in [1.165, 1.54) is 4.90 Å². The lowest BCUT2D eigenvalue weighted by molar-refractivity contribution is -0.127. The molecule has 1 heterocycles. The normalized spacial score (nSPS) is 11.0. The van der Waals surface area contributed by atoms with Gasteiger partial charge in [0.15, 0.2) is 0 Å². The number of rotatable bonds is 22. The van der Waals surface area contributed by atoms with Crippen LogP contribution in [0.5, 0.6) is 17.2 Å². The molecule has 2 amide bonds. The number of hydrogen-bond donors (Lipinski definition) is 0. The molecule has 0 bridgehead atoms. The Morgan fingerprint density at radius 3 is 1.73 bits per heavy atom. The second-order valence-electron chi connectivity index (χ2n) is 13.7. The van der Waals surface area contributed by atoms with E-state index in [0.717, 1.165) is 62.5 Å². The van der Waals surface area contributed by atoms with E-state index in [0.29, 0.717) is 64.1 Å². The number of amides is 2. The molecule has 0 saturated carbocycles. The number of ether oxygens (including phenoxy) is 3. The molecule has 55 heavy (non-hydrogen) atoms. The summed E-state index contributed by atoms with van der Waals surface area (Å²) in [6.07, 6.45) is 10.1. The molecule has 0 unspecified atom stereocenters. The van der Waals surface area contributed by atoms with Crippen molar-refractivity contribution in [3.05, 3.63) is 113 Å². The summed E-state index contributed by atoms with van der Waals surface area (Å²) in [5, 5.41) is 4.92. The van der Waals surface area contributed by atoms with E-state index in [1.54, 1.807) is 19.2 Å².